The molecular weight excluding hydrogens is 484 g/mol. The van der Waals surface area contributed by atoms with Crippen LogP contribution < -0.4 is 10.1 Å². The van der Waals surface area contributed by atoms with Crippen LogP contribution in [-0.2, 0) is 14.6 Å². The topological polar surface area (TPSA) is 139 Å². The van der Waals surface area contributed by atoms with E-state index in [0.29, 0.717) is 21.8 Å². The molecule has 0 atom stereocenters. The lowest BCUT2D eigenvalue weighted by atomic mass is 10.1. The Bertz CT molecular complexity index is 1320. The molecule has 0 aliphatic carbocycles. The van der Waals surface area contributed by atoms with Gasteiger partial charge >= 0.3 is 5.97 Å². The minimum atomic E-state index is -3.56. The van der Waals surface area contributed by atoms with Crippen molar-refractivity contribution in [3.05, 3.63) is 56.7 Å². The van der Waals surface area contributed by atoms with Crippen molar-refractivity contribution in [1.29, 1.82) is 5.26 Å². The van der Waals surface area contributed by atoms with Crippen molar-refractivity contribution in [2.75, 3.05) is 11.6 Å². The standard InChI is InChI=1S/C18H11ClN4O5S3/c1-31(26,27)18-23-22-17(30-18)21-15(24)11(9-20)7-10-4-5-13(12(19)8-10)28-16(25)14-3-2-6-29-14/h2-8H,1H3,(H,21,22,24)/b11-7-. The number of sulfone groups is 1. The number of hydrogen-bond donors (Lipinski definition) is 1. The van der Waals surface area contributed by atoms with Gasteiger partial charge in [0.25, 0.3) is 5.91 Å². The summed E-state index contributed by atoms with van der Waals surface area (Å²) < 4.78 is 27.9. The fourth-order valence-electron chi connectivity index (χ4n) is 2.12. The van der Waals surface area contributed by atoms with Crippen molar-refractivity contribution in [2.45, 2.75) is 4.34 Å². The Morgan fingerprint density at radius 2 is 2.06 bits per heavy atom. The molecule has 31 heavy (non-hydrogen) atoms. The number of amides is 1. The third-order valence-electron chi connectivity index (χ3n) is 3.50. The number of benzene rings is 1. The SMILES string of the molecule is CS(=O)(=O)c1nnc(NC(=O)/C(C#N)=C\c2ccc(OC(=O)c3cccs3)c(Cl)c2)s1. The highest BCUT2D eigenvalue weighted by Gasteiger charge is 2.18. The zero-order valence-electron chi connectivity index (χ0n) is 15.5. The number of carbonyl (C=O) groups is 2. The van der Waals surface area contributed by atoms with Crippen molar-refractivity contribution < 1.29 is 22.7 Å². The molecule has 3 rings (SSSR count). The number of halogens is 1. The first kappa shape index (κ1) is 22.6. The van der Waals surface area contributed by atoms with Gasteiger partial charge in [0.05, 0.1) is 5.02 Å². The number of rotatable bonds is 6. The van der Waals surface area contributed by atoms with Crippen LogP contribution in [-0.4, -0.2) is 36.7 Å². The predicted octanol–water partition coefficient (Wildman–Crippen LogP) is 3.42. The van der Waals surface area contributed by atoms with Gasteiger partial charge < -0.3 is 4.74 Å². The Kier molecular flexibility index (Phi) is 6.81. The van der Waals surface area contributed by atoms with Crippen LogP contribution in [0.15, 0.2) is 45.6 Å². The Morgan fingerprint density at radius 3 is 2.65 bits per heavy atom. The fraction of sp³-hybridized carbons (Fsp3) is 0.0556. The van der Waals surface area contributed by atoms with E-state index in [0.717, 1.165) is 6.26 Å². The maximum Gasteiger partial charge on any atom is 0.353 e. The molecule has 0 spiro atoms. The minimum absolute atomic E-state index is 0.0690. The van der Waals surface area contributed by atoms with E-state index in [1.165, 1.54) is 35.6 Å². The van der Waals surface area contributed by atoms with E-state index in [-0.39, 0.29) is 25.8 Å². The van der Waals surface area contributed by atoms with Crippen molar-refractivity contribution in [2.24, 2.45) is 0 Å². The molecule has 3 aromatic rings. The van der Waals surface area contributed by atoms with Crippen molar-refractivity contribution in [1.82, 2.24) is 10.2 Å². The highest BCUT2D eigenvalue weighted by Crippen LogP contribution is 2.28. The summed E-state index contributed by atoms with van der Waals surface area (Å²) in [7, 11) is -3.56. The number of nitrogens with zero attached hydrogens (tertiary/aromatic N) is 3. The molecule has 0 aliphatic heterocycles. The van der Waals surface area contributed by atoms with Gasteiger partial charge in [-0.05, 0) is 35.2 Å². The second kappa shape index (κ2) is 9.36. The summed E-state index contributed by atoms with van der Waals surface area (Å²) in [5, 5.41) is 20.5. The van der Waals surface area contributed by atoms with Crippen molar-refractivity contribution in [3.8, 4) is 11.8 Å². The second-order valence-corrected chi connectivity index (χ2v) is 10.3. The number of esters is 1. The van der Waals surface area contributed by atoms with Gasteiger partial charge in [-0.3, -0.25) is 10.1 Å². The van der Waals surface area contributed by atoms with E-state index in [9.17, 15) is 23.3 Å². The van der Waals surface area contributed by atoms with Crippen molar-refractivity contribution in [3.63, 3.8) is 0 Å². The number of carbonyl (C=O) groups excluding carboxylic acids is 2. The summed E-state index contributed by atoms with van der Waals surface area (Å²) in [5.74, 6) is -1.23. The Balaban J connectivity index is 1.75. The molecule has 2 heterocycles. The van der Waals surface area contributed by atoms with Gasteiger partial charge in [0.15, 0.2) is 0 Å². The summed E-state index contributed by atoms with van der Waals surface area (Å²) in [6.07, 6.45) is 2.23. The highest BCUT2D eigenvalue weighted by atomic mass is 35.5. The zero-order chi connectivity index (χ0) is 22.6. The summed E-state index contributed by atoms with van der Waals surface area (Å²) in [6.45, 7) is 0. The maximum absolute atomic E-state index is 12.3. The number of aromatic nitrogens is 2. The van der Waals surface area contributed by atoms with Crippen LogP contribution in [0.2, 0.25) is 5.02 Å². The third kappa shape index (κ3) is 5.74. The molecule has 0 saturated heterocycles. The van der Waals surface area contributed by atoms with Gasteiger partial charge in [0.2, 0.25) is 19.3 Å². The van der Waals surface area contributed by atoms with Crippen LogP contribution in [0.25, 0.3) is 6.08 Å². The van der Waals surface area contributed by atoms with Crippen LogP contribution in [0, 0.1) is 11.3 Å². The van der Waals surface area contributed by atoms with E-state index in [4.69, 9.17) is 16.3 Å². The van der Waals surface area contributed by atoms with Gasteiger partial charge in [0, 0.05) is 6.26 Å². The highest BCUT2D eigenvalue weighted by molar-refractivity contribution is 7.92. The lowest BCUT2D eigenvalue weighted by molar-refractivity contribution is -0.112. The molecule has 13 heteroatoms. The van der Waals surface area contributed by atoms with Crippen LogP contribution >= 0.6 is 34.3 Å². The molecule has 0 radical (unpaired) electrons. The quantitative estimate of drug-likeness (QED) is 0.181. The first-order chi connectivity index (χ1) is 14.7. The number of nitrogens with one attached hydrogen (secondary N) is 1. The minimum Gasteiger partial charge on any atom is -0.421 e. The van der Waals surface area contributed by atoms with Crippen molar-refractivity contribution >= 4 is 67.2 Å². The summed E-state index contributed by atoms with van der Waals surface area (Å²) in [5.41, 5.74) is 0.122. The molecule has 0 unspecified atom stereocenters. The molecule has 158 valence electrons. The van der Waals surface area contributed by atoms with Gasteiger partial charge in [-0.2, -0.15) is 5.26 Å². The predicted molar refractivity (Wildman–Crippen MR) is 116 cm³/mol. The van der Waals surface area contributed by atoms with Gasteiger partial charge in [-0.15, -0.1) is 21.5 Å². The Hall–Kier alpha value is -3.11. The molecule has 2 aromatic heterocycles. The van der Waals surface area contributed by atoms with E-state index in [1.54, 1.807) is 23.6 Å². The van der Waals surface area contributed by atoms with E-state index >= 15 is 0 Å². The van der Waals surface area contributed by atoms with Crippen LogP contribution in [0.3, 0.4) is 0 Å². The monoisotopic (exact) mass is 494 g/mol. The van der Waals surface area contributed by atoms with Gasteiger partial charge in [-0.1, -0.05) is 35.1 Å². The normalized spacial score (nSPS) is 11.6. The molecule has 0 aliphatic rings. The van der Waals surface area contributed by atoms with Gasteiger partial charge in [0.1, 0.15) is 22.3 Å². The van der Waals surface area contributed by atoms with E-state index < -0.39 is 21.7 Å². The molecule has 0 saturated carbocycles. The van der Waals surface area contributed by atoms with E-state index in [2.05, 4.69) is 15.5 Å². The largest absolute Gasteiger partial charge is 0.421 e. The summed E-state index contributed by atoms with van der Waals surface area (Å²) in [4.78, 5) is 24.8. The van der Waals surface area contributed by atoms with Crippen LogP contribution in [0.5, 0.6) is 5.75 Å². The number of ether oxygens (including phenoxy) is 1. The molecule has 0 fully saturated rings. The molecule has 1 N–H and O–H groups in total. The average molecular weight is 495 g/mol. The number of thiophene rings is 1. The average Bonchev–Trinajstić information content (AvgIpc) is 3.39. The summed E-state index contributed by atoms with van der Waals surface area (Å²) >= 11 is 8.05. The third-order valence-corrected chi connectivity index (χ3v) is 7.15. The smallest absolute Gasteiger partial charge is 0.353 e. The van der Waals surface area contributed by atoms with Gasteiger partial charge in [-0.25, -0.2) is 13.2 Å². The molecule has 1 amide bonds. The van der Waals surface area contributed by atoms with Crippen LogP contribution in [0.4, 0.5) is 5.13 Å². The lowest BCUT2D eigenvalue weighted by Gasteiger charge is -2.06. The molecule has 0 bridgehead atoms. The fourth-order valence-corrected chi connectivity index (χ4v) is 4.45. The second-order valence-electron chi connectivity index (χ2n) is 5.83. The molecule has 1 aromatic carbocycles. The maximum atomic E-state index is 12.3. The first-order valence-corrected chi connectivity index (χ1v) is 12.2. The van der Waals surface area contributed by atoms with E-state index in [1.807, 2.05) is 0 Å². The Morgan fingerprint density at radius 1 is 1.29 bits per heavy atom. The summed E-state index contributed by atoms with van der Waals surface area (Å²) in [6, 6.07) is 9.47. The first-order valence-electron chi connectivity index (χ1n) is 8.19. The number of hydrogen-bond acceptors (Lipinski definition) is 10. The molecule has 9 nitrogen and oxygen atoms in total. The number of nitriles is 1. The molecular formula is C18H11ClN4O5S3. The number of anilines is 1. The lowest BCUT2D eigenvalue weighted by Crippen LogP contribution is -2.13. The Labute approximate surface area is 189 Å². The van der Waals surface area contributed by atoms with Crippen LogP contribution in [0.1, 0.15) is 15.2 Å². The zero-order valence-corrected chi connectivity index (χ0v) is 18.7.